The molecule has 2 atom stereocenters. The van der Waals surface area contributed by atoms with Gasteiger partial charge in [0, 0.05) is 42.6 Å². The lowest BCUT2D eigenvalue weighted by molar-refractivity contribution is -0.141. The van der Waals surface area contributed by atoms with Crippen LogP contribution in [0.25, 0.3) is 0 Å². The van der Waals surface area contributed by atoms with E-state index in [-0.39, 0.29) is 28.8 Å². The molecule has 120 valence electrons. The number of nitrogens with zero attached hydrogens (tertiary/aromatic N) is 2. The van der Waals surface area contributed by atoms with Gasteiger partial charge in [0.1, 0.15) is 11.6 Å². The number of amides is 1. The third-order valence-corrected chi connectivity index (χ3v) is 4.84. The average Bonchev–Trinajstić information content (AvgIpc) is 3.17. The summed E-state index contributed by atoms with van der Waals surface area (Å²) in [6.45, 7) is 6.40. The Hall–Kier alpha value is -1.49. The van der Waals surface area contributed by atoms with Crippen LogP contribution in [0.1, 0.15) is 31.7 Å². The van der Waals surface area contributed by atoms with E-state index in [1.54, 1.807) is 0 Å². The van der Waals surface area contributed by atoms with E-state index in [1.165, 1.54) is 18.2 Å². The quantitative estimate of drug-likeness (QED) is 0.838. The van der Waals surface area contributed by atoms with Crippen LogP contribution in [0.5, 0.6) is 0 Å². The minimum Gasteiger partial charge on any atom is -0.335 e. The van der Waals surface area contributed by atoms with E-state index >= 15 is 0 Å². The van der Waals surface area contributed by atoms with E-state index in [1.807, 2.05) is 25.8 Å². The van der Waals surface area contributed by atoms with Crippen LogP contribution in [0.15, 0.2) is 18.2 Å². The second-order valence-electron chi connectivity index (χ2n) is 7.12. The number of likely N-dealkylation sites (N-methyl/N-ethyl adjacent to an activating group) is 1. The molecule has 1 saturated carbocycles. The molecule has 5 heteroatoms. The van der Waals surface area contributed by atoms with Gasteiger partial charge in [-0.1, -0.05) is 6.07 Å². The van der Waals surface area contributed by atoms with Crippen molar-refractivity contribution in [2.75, 3.05) is 26.7 Å². The maximum Gasteiger partial charge on any atom is 0.226 e. The molecule has 1 heterocycles. The van der Waals surface area contributed by atoms with Gasteiger partial charge in [-0.3, -0.25) is 4.79 Å². The highest BCUT2D eigenvalue weighted by Gasteiger charge is 2.50. The molecule has 1 aliphatic heterocycles. The fourth-order valence-corrected chi connectivity index (χ4v) is 3.66. The highest BCUT2D eigenvalue weighted by Crippen LogP contribution is 2.50. The first kappa shape index (κ1) is 15.4. The van der Waals surface area contributed by atoms with Crippen molar-refractivity contribution in [3.63, 3.8) is 0 Å². The van der Waals surface area contributed by atoms with Gasteiger partial charge >= 0.3 is 0 Å². The molecule has 1 aromatic carbocycles. The lowest BCUT2D eigenvalue weighted by Gasteiger charge is -2.46. The lowest BCUT2D eigenvalue weighted by Crippen LogP contribution is -2.60. The Kier molecular flexibility index (Phi) is 3.71. The smallest absolute Gasteiger partial charge is 0.226 e. The zero-order valence-electron chi connectivity index (χ0n) is 13.3. The Labute approximate surface area is 129 Å². The molecule has 0 bridgehead atoms. The average molecular weight is 308 g/mol. The number of hydrogen-bond acceptors (Lipinski definition) is 2. The summed E-state index contributed by atoms with van der Waals surface area (Å²) < 4.78 is 27.7. The van der Waals surface area contributed by atoms with Crippen molar-refractivity contribution < 1.29 is 13.6 Å². The van der Waals surface area contributed by atoms with E-state index in [0.29, 0.717) is 13.0 Å². The van der Waals surface area contributed by atoms with Gasteiger partial charge in [-0.15, -0.1) is 0 Å². The van der Waals surface area contributed by atoms with Crippen molar-refractivity contribution in [2.45, 2.75) is 31.7 Å². The van der Waals surface area contributed by atoms with Gasteiger partial charge in [0.05, 0.1) is 0 Å². The highest BCUT2D eigenvalue weighted by atomic mass is 19.1. The molecule has 0 spiro atoms. The summed E-state index contributed by atoms with van der Waals surface area (Å²) in [7, 11) is 2.04. The van der Waals surface area contributed by atoms with Crippen LogP contribution in [0.2, 0.25) is 0 Å². The van der Waals surface area contributed by atoms with Crippen LogP contribution in [-0.4, -0.2) is 47.9 Å². The number of rotatable bonds is 2. The minimum absolute atomic E-state index is 0.0331. The van der Waals surface area contributed by atoms with Crippen LogP contribution < -0.4 is 0 Å². The maximum absolute atomic E-state index is 13.9. The van der Waals surface area contributed by atoms with Crippen molar-refractivity contribution >= 4 is 5.91 Å². The van der Waals surface area contributed by atoms with Gasteiger partial charge in [-0.25, -0.2) is 8.78 Å². The van der Waals surface area contributed by atoms with Gasteiger partial charge in [-0.2, -0.15) is 0 Å². The summed E-state index contributed by atoms with van der Waals surface area (Å²) in [5.41, 5.74) is -0.168. The molecule has 22 heavy (non-hydrogen) atoms. The Morgan fingerprint density at radius 2 is 1.86 bits per heavy atom. The Bertz CT molecular complexity index is 582. The van der Waals surface area contributed by atoms with E-state index in [2.05, 4.69) is 4.90 Å². The van der Waals surface area contributed by atoms with Crippen LogP contribution in [0.4, 0.5) is 8.78 Å². The first-order chi connectivity index (χ1) is 10.3. The van der Waals surface area contributed by atoms with Gasteiger partial charge in [0.15, 0.2) is 0 Å². The SMILES string of the molecule is CN1CCN(C(=O)[C@H]2C[C@@H]2c2c(F)cccc2F)C(C)(C)C1. The topological polar surface area (TPSA) is 23.6 Å². The second-order valence-corrected chi connectivity index (χ2v) is 7.12. The molecule has 2 aliphatic rings. The number of piperazine rings is 1. The summed E-state index contributed by atoms with van der Waals surface area (Å²) in [6, 6.07) is 3.88. The first-order valence-electron chi connectivity index (χ1n) is 7.75. The van der Waals surface area contributed by atoms with Gasteiger partial charge in [0.2, 0.25) is 5.91 Å². The van der Waals surface area contributed by atoms with Crippen LogP contribution in [-0.2, 0) is 4.79 Å². The van der Waals surface area contributed by atoms with Crippen LogP contribution in [0.3, 0.4) is 0 Å². The molecular weight excluding hydrogens is 286 g/mol. The van der Waals surface area contributed by atoms with Crippen molar-refractivity contribution in [2.24, 2.45) is 5.92 Å². The summed E-state index contributed by atoms with van der Waals surface area (Å²) in [5.74, 6) is -1.65. The molecule has 0 radical (unpaired) electrons. The van der Waals surface area contributed by atoms with Gasteiger partial charge in [0.25, 0.3) is 0 Å². The highest BCUT2D eigenvalue weighted by molar-refractivity contribution is 5.84. The zero-order chi connectivity index (χ0) is 16.1. The summed E-state index contributed by atoms with van der Waals surface area (Å²) in [5, 5.41) is 0. The van der Waals surface area contributed by atoms with Crippen LogP contribution >= 0.6 is 0 Å². The standard InChI is InChI=1S/C17H22F2N2O/c1-17(2)10-20(3)7-8-21(17)16(22)12-9-11(12)15-13(18)5-4-6-14(15)19/h4-6,11-12H,7-10H2,1-3H3/t11-,12-/m0/s1. The van der Waals surface area contributed by atoms with Gasteiger partial charge in [-0.05, 0) is 39.4 Å². The summed E-state index contributed by atoms with van der Waals surface area (Å²) in [6.07, 6.45) is 0.541. The summed E-state index contributed by atoms with van der Waals surface area (Å²) in [4.78, 5) is 16.8. The Balaban J connectivity index is 1.76. The number of hydrogen-bond donors (Lipinski definition) is 0. The molecule has 0 aromatic heterocycles. The molecule has 3 rings (SSSR count). The Morgan fingerprint density at radius 1 is 1.23 bits per heavy atom. The van der Waals surface area contributed by atoms with E-state index in [0.717, 1.165) is 13.1 Å². The van der Waals surface area contributed by atoms with Crippen molar-refractivity contribution in [1.29, 1.82) is 0 Å². The molecular formula is C17H22F2N2O. The van der Waals surface area contributed by atoms with Gasteiger partial charge < -0.3 is 9.80 Å². The van der Waals surface area contributed by atoms with E-state index < -0.39 is 11.6 Å². The predicted molar refractivity (Wildman–Crippen MR) is 80.5 cm³/mol. The number of carbonyl (C=O) groups excluding carboxylic acids is 1. The first-order valence-corrected chi connectivity index (χ1v) is 7.75. The molecule has 3 nitrogen and oxygen atoms in total. The summed E-state index contributed by atoms with van der Waals surface area (Å²) >= 11 is 0. The predicted octanol–water partition coefficient (Wildman–Crippen LogP) is 2.62. The third kappa shape index (κ3) is 2.62. The second kappa shape index (κ2) is 5.30. The minimum atomic E-state index is -0.544. The van der Waals surface area contributed by atoms with Crippen molar-refractivity contribution in [3.8, 4) is 0 Å². The third-order valence-electron chi connectivity index (χ3n) is 4.84. The maximum atomic E-state index is 13.9. The molecule has 0 N–H and O–H groups in total. The molecule has 0 unspecified atom stereocenters. The molecule has 1 aliphatic carbocycles. The van der Waals surface area contributed by atoms with Crippen molar-refractivity contribution in [1.82, 2.24) is 9.80 Å². The van der Waals surface area contributed by atoms with Crippen molar-refractivity contribution in [3.05, 3.63) is 35.4 Å². The lowest BCUT2D eigenvalue weighted by atomic mass is 9.97. The number of halogens is 2. The molecule has 1 aromatic rings. The van der Waals surface area contributed by atoms with E-state index in [9.17, 15) is 13.6 Å². The normalized spacial score (nSPS) is 27.8. The molecule has 1 amide bonds. The zero-order valence-corrected chi connectivity index (χ0v) is 13.3. The Morgan fingerprint density at radius 3 is 2.45 bits per heavy atom. The molecule has 1 saturated heterocycles. The fourth-order valence-electron chi connectivity index (χ4n) is 3.66. The number of carbonyl (C=O) groups is 1. The molecule has 2 fully saturated rings. The number of benzene rings is 1. The monoisotopic (exact) mass is 308 g/mol. The largest absolute Gasteiger partial charge is 0.335 e. The van der Waals surface area contributed by atoms with Crippen LogP contribution in [0, 0.1) is 17.6 Å². The fraction of sp³-hybridized carbons (Fsp3) is 0.588. The van der Waals surface area contributed by atoms with E-state index in [4.69, 9.17) is 0 Å².